The van der Waals surface area contributed by atoms with Crippen molar-refractivity contribution in [2.24, 2.45) is 5.92 Å². The van der Waals surface area contributed by atoms with Gasteiger partial charge in [-0.25, -0.2) is 4.39 Å². The lowest BCUT2D eigenvalue weighted by Gasteiger charge is -2.32. The molecule has 4 nitrogen and oxygen atoms in total. The Morgan fingerprint density at radius 2 is 2.08 bits per heavy atom. The molecule has 1 unspecified atom stereocenters. The van der Waals surface area contributed by atoms with E-state index in [4.69, 9.17) is 4.74 Å². The number of rotatable bonds is 5. The first-order chi connectivity index (χ1) is 12.0. The lowest BCUT2D eigenvalue weighted by atomic mass is 9.87. The summed E-state index contributed by atoms with van der Waals surface area (Å²) in [5.41, 5.74) is 0.574. The Balaban J connectivity index is 1.87. The van der Waals surface area contributed by atoms with E-state index in [1.165, 1.54) is 36.6 Å². The van der Waals surface area contributed by atoms with Gasteiger partial charge in [0.15, 0.2) is 0 Å². The van der Waals surface area contributed by atoms with Crippen LogP contribution < -0.4 is 4.74 Å². The number of hydrogen-bond acceptors (Lipinski definition) is 5. The lowest BCUT2D eigenvalue weighted by Crippen LogP contribution is -2.32. The predicted molar refractivity (Wildman–Crippen MR) is 95.9 cm³/mol. The van der Waals surface area contributed by atoms with Crippen molar-refractivity contribution in [1.82, 2.24) is 4.90 Å². The SMILES string of the molecule is COc1ccc(F)c(C(=O)c2sccc2C(O)C2CCN(C)CC2)c1. The zero-order chi connectivity index (χ0) is 18.0. The Kier molecular flexibility index (Phi) is 5.51. The highest BCUT2D eigenvalue weighted by atomic mass is 32.1. The van der Waals surface area contributed by atoms with E-state index in [0.29, 0.717) is 16.2 Å². The van der Waals surface area contributed by atoms with E-state index in [-0.39, 0.29) is 11.5 Å². The van der Waals surface area contributed by atoms with E-state index < -0.39 is 17.7 Å². The maximum atomic E-state index is 14.1. The van der Waals surface area contributed by atoms with E-state index >= 15 is 0 Å². The molecule has 134 valence electrons. The maximum Gasteiger partial charge on any atom is 0.206 e. The predicted octanol–water partition coefficient (Wildman–Crippen LogP) is 3.50. The summed E-state index contributed by atoms with van der Waals surface area (Å²) < 4.78 is 19.2. The Hall–Kier alpha value is -1.76. The van der Waals surface area contributed by atoms with Crippen LogP contribution in [0.2, 0.25) is 0 Å². The molecule has 3 rings (SSSR count). The number of hydrogen-bond donors (Lipinski definition) is 1. The summed E-state index contributed by atoms with van der Waals surface area (Å²) in [6.07, 6.45) is 1.07. The van der Waals surface area contributed by atoms with Crippen molar-refractivity contribution in [2.75, 3.05) is 27.2 Å². The molecule has 1 atom stereocenters. The first-order valence-corrected chi connectivity index (χ1v) is 9.21. The van der Waals surface area contributed by atoms with Gasteiger partial charge in [0.2, 0.25) is 5.78 Å². The molecule has 1 aromatic carbocycles. The molecule has 0 aliphatic carbocycles. The summed E-state index contributed by atoms with van der Waals surface area (Å²) in [6, 6.07) is 5.89. The fourth-order valence-electron chi connectivity index (χ4n) is 3.26. The van der Waals surface area contributed by atoms with Crippen LogP contribution in [0, 0.1) is 11.7 Å². The van der Waals surface area contributed by atoms with Crippen molar-refractivity contribution in [2.45, 2.75) is 18.9 Å². The van der Waals surface area contributed by atoms with Gasteiger partial charge in [-0.1, -0.05) is 0 Å². The molecule has 0 spiro atoms. The molecule has 0 bridgehead atoms. The number of benzene rings is 1. The third-order valence-corrected chi connectivity index (χ3v) is 5.78. The highest BCUT2D eigenvalue weighted by Gasteiger charge is 2.29. The van der Waals surface area contributed by atoms with Crippen LogP contribution in [-0.4, -0.2) is 43.0 Å². The Bertz CT molecular complexity index is 753. The Labute approximate surface area is 150 Å². The molecule has 1 aliphatic rings. The average molecular weight is 363 g/mol. The van der Waals surface area contributed by atoms with Crippen LogP contribution in [0.3, 0.4) is 0 Å². The van der Waals surface area contributed by atoms with E-state index in [2.05, 4.69) is 11.9 Å². The minimum atomic E-state index is -0.701. The maximum absolute atomic E-state index is 14.1. The molecule has 0 radical (unpaired) electrons. The topological polar surface area (TPSA) is 49.8 Å². The molecule has 25 heavy (non-hydrogen) atoms. The van der Waals surface area contributed by atoms with Gasteiger partial charge >= 0.3 is 0 Å². The Morgan fingerprint density at radius 3 is 2.76 bits per heavy atom. The first kappa shape index (κ1) is 18.0. The van der Waals surface area contributed by atoms with Crippen molar-refractivity contribution in [1.29, 1.82) is 0 Å². The number of carbonyl (C=O) groups excluding carboxylic acids is 1. The minimum absolute atomic E-state index is 0.0290. The number of aliphatic hydroxyl groups excluding tert-OH is 1. The minimum Gasteiger partial charge on any atom is -0.497 e. The van der Waals surface area contributed by atoms with Gasteiger partial charge in [0.05, 0.1) is 23.7 Å². The summed E-state index contributed by atoms with van der Waals surface area (Å²) in [5, 5.41) is 12.6. The number of aliphatic hydroxyl groups is 1. The van der Waals surface area contributed by atoms with Gasteiger partial charge < -0.3 is 14.7 Å². The molecule has 2 aromatic rings. The second-order valence-electron chi connectivity index (χ2n) is 6.47. The number of thiophene rings is 1. The van der Waals surface area contributed by atoms with Crippen molar-refractivity contribution >= 4 is 17.1 Å². The van der Waals surface area contributed by atoms with Crippen LogP contribution in [0.4, 0.5) is 4.39 Å². The van der Waals surface area contributed by atoms with Crippen LogP contribution in [0.1, 0.15) is 39.7 Å². The van der Waals surface area contributed by atoms with E-state index in [1.54, 1.807) is 11.4 Å². The highest BCUT2D eigenvalue weighted by Crippen LogP contribution is 2.35. The average Bonchev–Trinajstić information content (AvgIpc) is 3.11. The molecule has 1 saturated heterocycles. The van der Waals surface area contributed by atoms with E-state index in [1.807, 2.05) is 0 Å². The number of carbonyl (C=O) groups is 1. The van der Waals surface area contributed by atoms with Gasteiger partial charge in [0.1, 0.15) is 11.6 Å². The summed E-state index contributed by atoms with van der Waals surface area (Å²) >= 11 is 1.24. The molecule has 1 aliphatic heterocycles. The number of halogens is 1. The normalized spacial score (nSPS) is 17.4. The fourth-order valence-corrected chi connectivity index (χ4v) is 4.16. The molecule has 1 aromatic heterocycles. The van der Waals surface area contributed by atoms with Crippen molar-refractivity contribution in [3.05, 3.63) is 51.5 Å². The summed E-state index contributed by atoms with van der Waals surface area (Å²) in [4.78, 5) is 15.5. The third kappa shape index (κ3) is 3.76. The molecule has 6 heteroatoms. The number of ketones is 1. The van der Waals surface area contributed by atoms with E-state index in [0.717, 1.165) is 25.9 Å². The van der Waals surface area contributed by atoms with Crippen LogP contribution in [0.15, 0.2) is 29.6 Å². The van der Waals surface area contributed by atoms with E-state index in [9.17, 15) is 14.3 Å². The number of ether oxygens (including phenoxy) is 1. The van der Waals surface area contributed by atoms with Crippen molar-refractivity contribution in [3.8, 4) is 5.75 Å². The van der Waals surface area contributed by atoms with Gasteiger partial charge in [0, 0.05) is 5.56 Å². The summed E-state index contributed by atoms with van der Waals surface area (Å²) in [5.74, 6) is -0.446. The molecule has 0 saturated carbocycles. The quantitative estimate of drug-likeness (QED) is 0.826. The smallest absolute Gasteiger partial charge is 0.206 e. The van der Waals surface area contributed by atoms with Crippen LogP contribution in [0.5, 0.6) is 5.75 Å². The zero-order valence-electron chi connectivity index (χ0n) is 14.4. The number of methoxy groups -OCH3 is 1. The van der Waals surface area contributed by atoms with Gasteiger partial charge in [-0.15, -0.1) is 11.3 Å². The van der Waals surface area contributed by atoms with Gasteiger partial charge in [0.25, 0.3) is 0 Å². The Morgan fingerprint density at radius 1 is 1.36 bits per heavy atom. The second-order valence-corrected chi connectivity index (χ2v) is 7.38. The third-order valence-electron chi connectivity index (χ3n) is 4.85. The number of piperidine rings is 1. The van der Waals surface area contributed by atoms with Crippen LogP contribution >= 0.6 is 11.3 Å². The first-order valence-electron chi connectivity index (χ1n) is 8.33. The summed E-state index contributed by atoms with van der Waals surface area (Å²) in [6.45, 7) is 1.86. The fraction of sp³-hybridized carbons (Fsp3) is 0.421. The van der Waals surface area contributed by atoms with Crippen LogP contribution in [0.25, 0.3) is 0 Å². The molecule has 1 N–H and O–H groups in total. The summed E-state index contributed by atoms with van der Waals surface area (Å²) in [7, 11) is 3.54. The standard InChI is InChI=1S/C19H22FNO3S/c1-21-8-5-12(6-9-21)17(22)14-7-10-25-19(14)18(23)15-11-13(24-2)3-4-16(15)20/h3-4,7,10-12,17,22H,5-6,8-9H2,1-2H3. The van der Waals surface area contributed by atoms with Crippen molar-refractivity contribution < 1.29 is 19.0 Å². The monoisotopic (exact) mass is 363 g/mol. The number of nitrogens with zero attached hydrogens (tertiary/aromatic N) is 1. The molecule has 0 amide bonds. The van der Waals surface area contributed by atoms with Gasteiger partial charge in [-0.05, 0) is 68.5 Å². The largest absolute Gasteiger partial charge is 0.497 e. The number of likely N-dealkylation sites (tertiary alicyclic amines) is 1. The molecular formula is C19H22FNO3S. The van der Waals surface area contributed by atoms with Crippen molar-refractivity contribution in [3.63, 3.8) is 0 Å². The highest BCUT2D eigenvalue weighted by molar-refractivity contribution is 7.12. The molecular weight excluding hydrogens is 341 g/mol. The zero-order valence-corrected chi connectivity index (χ0v) is 15.2. The van der Waals surface area contributed by atoms with Gasteiger partial charge in [-0.2, -0.15) is 0 Å². The lowest BCUT2D eigenvalue weighted by molar-refractivity contribution is 0.0650. The second kappa shape index (κ2) is 7.64. The van der Waals surface area contributed by atoms with Gasteiger partial charge in [-0.3, -0.25) is 4.79 Å². The molecule has 2 heterocycles. The molecule has 1 fully saturated rings. The van der Waals surface area contributed by atoms with Crippen LogP contribution in [-0.2, 0) is 0 Å².